The molecule has 2 aromatic rings. The van der Waals surface area contributed by atoms with Gasteiger partial charge in [0.2, 0.25) is 11.8 Å². The van der Waals surface area contributed by atoms with Gasteiger partial charge in [0.15, 0.2) is 5.82 Å². The van der Waals surface area contributed by atoms with Gasteiger partial charge >= 0.3 is 0 Å². The molecule has 0 saturated carbocycles. The molecule has 2 rings (SSSR count). The Balaban J connectivity index is 1.80. The lowest BCUT2D eigenvalue weighted by atomic mass is 10.1. The molecule has 0 fully saturated rings. The van der Waals surface area contributed by atoms with Crippen LogP contribution < -0.4 is 5.32 Å². The van der Waals surface area contributed by atoms with Crippen LogP contribution in [0.1, 0.15) is 55.4 Å². The quantitative estimate of drug-likeness (QED) is 0.881. The fourth-order valence-corrected chi connectivity index (χ4v) is 2.27. The first-order valence-corrected chi connectivity index (χ1v) is 7.64. The summed E-state index contributed by atoms with van der Waals surface area (Å²) in [7, 11) is 0. The maximum atomic E-state index is 12.0. The number of amides is 1. The SMILES string of the molecule is Cc1cc(C)cc(NC(=O)CCCc2nc(C(C)C)no2)c1. The summed E-state index contributed by atoms with van der Waals surface area (Å²) >= 11 is 0. The molecule has 0 radical (unpaired) electrons. The summed E-state index contributed by atoms with van der Waals surface area (Å²) in [5.41, 5.74) is 3.13. The Kier molecular flexibility index (Phi) is 5.31. The van der Waals surface area contributed by atoms with Crippen molar-refractivity contribution in [2.45, 2.75) is 52.9 Å². The maximum Gasteiger partial charge on any atom is 0.226 e. The summed E-state index contributed by atoms with van der Waals surface area (Å²) in [5.74, 6) is 1.58. The fraction of sp³-hybridized carbons (Fsp3) is 0.471. The fourth-order valence-electron chi connectivity index (χ4n) is 2.27. The molecule has 5 nitrogen and oxygen atoms in total. The minimum Gasteiger partial charge on any atom is -0.339 e. The number of benzene rings is 1. The van der Waals surface area contributed by atoms with Gasteiger partial charge in [-0.3, -0.25) is 4.79 Å². The lowest BCUT2D eigenvalue weighted by molar-refractivity contribution is -0.116. The van der Waals surface area contributed by atoms with E-state index >= 15 is 0 Å². The van der Waals surface area contributed by atoms with Crippen LogP contribution in [0.2, 0.25) is 0 Å². The molecule has 1 aromatic heterocycles. The van der Waals surface area contributed by atoms with Gasteiger partial charge in [-0.2, -0.15) is 4.98 Å². The van der Waals surface area contributed by atoms with Crippen LogP contribution in [-0.2, 0) is 11.2 Å². The summed E-state index contributed by atoms with van der Waals surface area (Å²) in [6, 6.07) is 6.02. The van der Waals surface area contributed by atoms with E-state index in [0.717, 1.165) is 22.6 Å². The number of rotatable bonds is 6. The van der Waals surface area contributed by atoms with Gasteiger partial charge in [-0.05, 0) is 43.5 Å². The molecule has 0 aliphatic carbocycles. The summed E-state index contributed by atoms with van der Waals surface area (Å²) in [5, 5.41) is 6.84. The topological polar surface area (TPSA) is 68.0 Å². The van der Waals surface area contributed by atoms with Gasteiger partial charge in [0, 0.05) is 24.4 Å². The second kappa shape index (κ2) is 7.20. The number of hydrogen-bond acceptors (Lipinski definition) is 4. The van der Waals surface area contributed by atoms with Crippen molar-refractivity contribution in [2.75, 3.05) is 5.32 Å². The summed E-state index contributed by atoms with van der Waals surface area (Å²) in [6.45, 7) is 8.08. The molecule has 1 amide bonds. The van der Waals surface area contributed by atoms with E-state index in [-0.39, 0.29) is 11.8 Å². The second-order valence-electron chi connectivity index (χ2n) is 5.98. The maximum absolute atomic E-state index is 12.0. The molecule has 0 aliphatic heterocycles. The van der Waals surface area contributed by atoms with E-state index in [2.05, 4.69) is 21.5 Å². The zero-order valence-corrected chi connectivity index (χ0v) is 13.6. The monoisotopic (exact) mass is 301 g/mol. The molecule has 0 atom stereocenters. The van der Waals surface area contributed by atoms with Crippen molar-refractivity contribution in [3.8, 4) is 0 Å². The van der Waals surface area contributed by atoms with Crippen molar-refractivity contribution >= 4 is 11.6 Å². The first-order chi connectivity index (χ1) is 10.4. The van der Waals surface area contributed by atoms with E-state index in [1.54, 1.807) is 0 Å². The molecular formula is C17H23N3O2. The number of carbonyl (C=O) groups is 1. The zero-order chi connectivity index (χ0) is 16.1. The Labute approximate surface area is 131 Å². The summed E-state index contributed by atoms with van der Waals surface area (Å²) in [4.78, 5) is 16.3. The Bertz CT molecular complexity index is 627. The number of carbonyl (C=O) groups excluding carboxylic acids is 1. The van der Waals surface area contributed by atoms with Crippen LogP contribution in [0.4, 0.5) is 5.69 Å². The number of nitrogens with one attached hydrogen (secondary N) is 1. The molecule has 0 bridgehead atoms. The average Bonchev–Trinajstić information content (AvgIpc) is 2.86. The molecule has 1 heterocycles. The Morgan fingerprint density at radius 2 is 1.91 bits per heavy atom. The van der Waals surface area contributed by atoms with Crippen molar-refractivity contribution in [1.29, 1.82) is 0 Å². The average molecular weight is 301 g/mol. The van der Waals surface area contributed by atoms with Crippen molar-refractivity contribution in [2.24, 2.45) is 0 Å². The van der Waals surface area contributed by atoms with Crippen LogP contribution >= 0.6 is 0 Å². The van der Waals surface area contributed by atoms with E-state index in [4.69, 9.17) is 4.52 Å². The number of aryl methyl sites for hydroxylation is 3. The number of anilines is 1. The Morgan fingerprint density at radius 3 is 2.50 bits per heavy atom. The van der Waals surface area contributed by atoms with Crippen LogP contribution in [0, 0.1) is 13.8 Å². The predicted octanol–water partition coefficient (Wildman–Crippen LogP) is 3.77. The summed E-state index contributed by atoms with van der Waals surface area (Å²) in [6.07, 6.45) is 1.75. The third kappa shape index (κ3) is 4.69. The van der Waals surface area contributed by atoms with Gasteiger partial charge in [-0.25, -0.2) is 0 Å². The molecule has 0 saturated heterocycles. The van der Waals surface area contributed by atoms with Crippen LogP contribution in [0.3, 0.4) is 0 Å². The standard InChI is InChI=1S/C17H23N3O2/c1-11(2)17-19-16(22-20-17)7-5-6-15(21)18-14-9-12(3)8-13(4)10-14/h8-11H,5-7H2,1-4H3,(H,18,21). The second-order valence-corrected chi connectivity index (χ2v) is 5.98. The van der Waals surface area contributed by atoms with Crippen LogP contribution in [-0.4, -0.2) is 16.0 Å². The Hall–Kier alpha value is -2.17. The molecular weight excluding hydrogens is 278 g/mol. The van der Waals surface area contributed by atoms with Crippen molar-refractivity contribution in [3.05, 3.63) is 41.0 Å². The lowest BCUT2D eigenvalue weighted by Gasteiger charge is -2.07. The van der Waals surface area contributed by atoms with Crippen LogP contribution in [0.25, 0.3) is 0 Å². The minimum absolute atomic E-state index is 0.00796. The van der Waals surface area contributed by atoms with E-state index in [1.165, 1.54) is 0 Å². The third-order valence-corrected chi connectivity index (χ3v) is 3.30. The molecule has 0 spiro atoms. The molecule has 5 heteroatoms. The molecule has 1 N–H and O–H groups in total. The van der Waals surface area contributed by atoms with Crippen LogP contribution in [0.15, 0.2) is 22.7 Å². The highest BCUT2D eigenvalue weighted by Gasteiger charge is 2.10. The predicted molar refractivity (Wildman–Crippen MR) is 85.9 cm³/mol. The first-order valence-electron chi connectivity index (χ1n) is 7.64. The first kappa shape index (κ1) is 16.2. The summed E-state index contributed by atoms with van der Waals surface area (Å²) < 4.78 is 5.16. The molecule has 0 unspecified atom stereocenters. The Morgan fingerprint density at radius 1 is 1.23 bits per heavy atom. The number of aromatic nitrogens is 2. The molecule has 0 aliphatic rings. The van der Waals surface area contributed by atoms with Gasteiger partial charge in [0.25, 0.3) is 0 Å². The van der Waals surface area contributed by atoms with Crippen LogP contribution in [0.5, 0.6) is 0 Å². The highest BCUT2D eigenvalue weighted by Crippen LogP contribution is 2.15. The highest BCUT2D eigenvalue weighted by atomic mass is 16.5. The van der Waals surface area contributed by atoms with Gasteiger partial charge in [-0.15, -0.1) is 0 Å². The van der Waals surface area contributed by atoms with E-state index < -0.39 is 0 Å². The van der Waals surface area contributed by atoms with Gasteiger partial charge in [0.1, 0.15) is 0 Å². The van der Waals surface area contributed by atoms with Crippen molar-refractivity contribution in [3.63, 3.8) is 0 Å². The molecule has 22 heavy (non-hydrogen) atoms. The van der Waals surface area contributed by atoms with Gasteiger partial charge in [-0.1, -0.05) is 25.1 Å². The zero-order valence-electron chi connectivity index (χ0n) is 13.6. The number of nitrogens with zero attached hydrogens (tertiary/aromatic N) is 2. The minimum atomic E-state index is 0.00796. The van der Waals surface area contributed by atoms with Crippen molar-refractivity contribution in [1.82, 2.24) is 10.1 Å². The van der Waals surface area contributed by atoms with Gasteiger partial charge < -0.3 is 9.84 Å². The highest BCUT2D eigenvalue weighted by molar-refractivity contribution is 5.90. The molecule has 118 valence electrons. The number of hydrogen-bond donors (Lipinski definition) is 1. The van der Waals surface area contributed by atoms with Gasteiger partial charge in [0.05, 0.1) is 0 Å². The van der Waals surface area contributed by atoms with Crippen molar-refractivity contribution < 1.29 is 9.32 Å². The molecule has 1 aromatic carbocycles. The van der Waals surface area contributed by atoms with E-state index in [9.17, 15) is 4.79 Å². The lowest BCUT2D eigenvalue weighted by Crippen LogP contribution is -2.11. The third-order valence-electron chi connectivity index (χ3n) is 3.30. The normalized spacial score (nSPS) is 11.0. The largest absolute Gasteiger partial charge is 0.339 e. The smallest absolute Gasteiger partial charge is 0.226 e. The van der Waals surface area contributed by atoms with E-state index in [1.807, 2.05) is 39.8 Å². The van der Waals surface area contributed by atoms with E-state index in [0.29, 0.717) is 25.2 Å².